The van der Waals surface area contributed by atoms with Crippen LogP contribution in [-0.4, -0.2) is 93.0 Å². The number of fused-ring (bicyclic) bond motifs is 1. The number of carbonyl (C=O) groups excluding carboxylic acids is 1. The molecule has 0 spiro atoms. The predicted octanol–water partition coefficient (Wildman–Crippen LogP) is 3.57. The molecule has 1 aliphatic rings. The summed E-state index contributed by atoms with van der Waals surface area (Å²) in [6.45, 7) is 5.42. The van der Waals surface area contributed by atoms with E-state index < -0.39 is 48.0 Å². The van der Waals surface area contributed by atoms with Crippen LogP contribution in [0.5, 0.6) is 34.5 Å². The minimum atomic E-state index is -0.891. The second kappa shape index (κ2) is 22.7. The Hall–Kier alpha value is -6.72. The van der Waals surface area contributed by atoms with Gasteiger partial charge in [-0.05, 0) is 36.4 Å². The van der Waals surface area contributed by atoms with Gasteiger partial charge < -0.3 is 60.5 Å². The van der Waals surface area contributed by atoms with Crippen LogP contribution < -0.4 is 4.74 Å². The molecular weight excluding hydrogens is 672 g/mol. The number of benzene rings is 3. The molecule has 2 atom stereocenters. The zero-order valence-electron chi connectivity index (χ0n) is 27.3. The van der Waals surface area contributed by atoms with Gasteiger partial charge >= 0.3 is 5.97 Å². The van der Waals surface area contributed by atoms with Gasteiger partial charge in [0.2, 0.25) is 0 Å². The molecule has 3 aromatic rings. The lowest BCUT2D eigenvalue weighted by atomic mass is 9.93. The number of carboxylic acids is 5. The maximum absolute atomic E-state index is 12.6. The molecule has 0 saturated carbocycles. The molecule has 0 bridgehead atoms. The van der Waals surface area contributed by atoms with E-state index in [4.69, 9.17) is 59.0 Å². The number of carboxylic acid groups (broad SMARTS) is 5. The van der Waals surface area contributed by atoms with E-state index in [1.165, 1.54) is 48.5 Å². The Labute approximate surface area is 284 Å². The molecule has 0 amide bonds. The summed E-state index contributed by atoms with van der Waals surface area (Å²) < 4.78 is 11.5. The minimum Gasteiger partial charge on any atom is -0.508 e. The van der Waals surface area contributed by atoms with Gasteiger partial charge in [0.1, 0.15) is 29.1 Å². The molecule has 0 radical (unpaired) electrons. The Morgan fingerprint density at radius 1 is 0.580 bits per heavy atom. The van der Waals surface area contributed by atoms with Crippen LogP contribution in [-0.2, 0) is 35.1 Å². The van der Waals surface area contributed by atoms with Crippen molar-refractivity contribution in [3.05, 3.63) is 71.3 Å². The Morgan fingerprint density at radius 2 is 1.02 bits per heavy atom. The van der Waals surface area contributed by atoms with Crippen molar-refractivity contribution in [3.63, 3.8) is 0 Å². The van der Waals surface area contributed by atoms with Crippen molar-refractivity contribution in [1.82, 2.24) is 0 Å². The number of phenols is 5. The Bertz CT molecular complexity index is 1510. The first-order chi connectivity index (χ1) is 23.0. The van der Waals surface area contributed by atoms with Gasteiger partial charge in [-0.1, -0.05) is 6.07 Å². The quantitative estimate of drug-likeness (QED) is 0.137. The van der Waals surface area contributed by atoms with Gasteiger partial charge in [-0.2, -0.15) is 0 Å². The van der Waals surface area contributed by atoms with Gasteiger partial charge in [0.25, 0.3) is 29.8 Å². The third kappa shape index (κ3) is 21.1. The molecule has 1 heterocycles. The molecule has 0 aromatic heterocycles. The first-order valence-electron chi connectivity index (χ1n) is 13.7. The molecule has 18 heteroatoms. The molecular formula is C32H38O18. The van der Waals surface area contributed by atoms with Crippen LogP contribution >= 0.6 is 0 Å². The number of hydrogen-bond acceptors (Lipinski definition) is 13. The van der Waals surface area contributed by atoms with Crippen LogP contribution in [0.15, 0.2) is 54.6 Å². The fourth-order valence-electron chi connectivity index (χ4n) is 3.35. The zero-order valence-corrected chi connectivity index (χ0v) is 27.3. The Balaban J connectivity index is 0. The number of aromatic hydroxyl groups is 5. The third-order valence-corrected chi connectivity index (χ3v) is 4.86. The molecule has 0 saturated heterocycles. The van der Waals surface area contributed by atoms with Gasteiger partial charge in [-0.3, -0.25) is 24.0 Å². The summed E-state index contributed by atoms with van der Waals surface area (Å²) in [4.78, 5) is 57.6. The predicted molar refractivity (Wildman–Crippen MR) is 170 cm³/mol. The highest BCUT2D eigenvalue weighted by Gasteiger charge is 2.36. The van der Waals surface area contributed by atoms with Crippen LogP contribution in [0.3, 0.4) is 0 Å². The second-order valence-corrected chi connectivity index (χ2v) is 9.52. The van der Waals surface area contributed by atoms with Crippen LogP contribution in [0.25, 0.3) is 0 Å². The molecule has 0 fully saturated rings. The Kier molecular flexibility index (Phi) is 20.7. The van der Waals surface area contributed by atoms with Crippen molar-refractivity contribution in [3.8, 4) is 34.5 Å². The number of hydrogen-bond donors (Lipinski definition) is 10. The van der Waals surface area contributed by atoms with Gasteiger partial charge in [-0.25, -0.2) is 4.79 Å². The van der Waals surface area contributed by atoms with Gasteiger partial charge in [-0.15, -0.1) is 0 Å². The normalized spacial score (nSPS) is 13.1. The number of phenolic OH excluding ortho intramolecular Hbond substituents is 5. The fourth-order valence-corrected chi connectivity index (χ4v) is 3.35. The summed E-state index contributed by atoms with van der Waals surface area (Å²) >= 11 is 0. The average Bonchev–Trinajstić information content (AvgIpc) is 2.93. The van der Waals surface area contributed by atoms with E-state index in [2.05, 4.69) is 0 Å². The molecule has 0 unspecified atom stereocenters. The molecule has 3 aromatic carbocycles. The van der Waals surface area contributed by atoms with Crippen LogP contribution in [0.4, 0.5) is 0 Å². The number of esters is 1. The maximum Gasteiger partial charge on any atom is 0.338 e. The number of rotatable bonds is 3. The molecule has 0 aliphatic carbocycles. The molecule has 274 valence electrons. The molecule has 1 aliphatic heterocycles. The van der Waals surface area contributed by atoms with Crippen LogP contribution in [0, 0.1) is 0 Å². The standard InChI is InChI=1S/C22H18O8.5C2H4O2/c23-13-4-1-11(2-5-13)22(28)30-20-10-15-17(26)8-14(24)9-19(15)29-21(20)12-3-6-16(25)18(27)7-12;5*1-2(3)4/h1-9,20-21,23-27H,10H2;5*1H3,(H,3,4)/t20-,21+;;;;;/m0...../s1. The summed E-state index contributed by atoms with van der Waals surface area (Å²) in [7, 11) is 0. The SMILES string of the molecule is CC(=O)O.CC(=O)O.CC(=O)O.CC(=O)O.CC(=O)O.O=C(O[C@H]1Cc2c(O)cc(O)cc2O[C@@H]1c1ccc(O)c(O)c1)c1ccc(O)cc1. The highest BCUT2D eigenvalue weighted by atomic mass is 16.6. The Morgan fingerprint density at radius 3 is 1.44 bits per heavy atom. The van der Waals surface area contributed by atoms with Crippen molar-refractivity contribution in [2.24, 2.45) is 0 Å². The van der Waals surface area contributed by atoms with Gasteiger partial charge in [0, 0.05) is 64.3 Å². The van der Waals surface area contributed by atoms with E-state index >= 15 is 0 Å². The fraction of sp³-hybridized carbons (Fsp3) is 0.250. The molecule has 10 N–H and O–H groups in total. The summed E-state index contributed by atoms with van der Waals surface area (Å²) in [5.41, 5.74) is 0.985. The number of aliphatic carboxylic acids is 5. The average molecular weight is 711 g/mol. The van der Waals surface area contributed by atoms with E-state index in [-0.39, 0.29) is 46.5 Å². The summed E-state index contributed by atoms with van der Waals surface area (Å²) in [6.07, 6.45) is -1.69. The number of carbonyl (C=O) groups is 6. The lowest BCUT2D eigenvalue weighted by Gasteiger charge is -2.34. The topological polar surface area (TPSA) is 323 Å². The van der Waals surface area contributed by atoms with E-state index in [9.17, 15) is 30.3 Å². The van der Waals surface area contributed by atoms with Crippen LogP contribution in [0.1, 0.15) is 62.2 Å². The van der Waals surface area contributed by atoms with Crippen molar-refractivity contribution < 1.29 is 89.3 Å². The summed E-state index contributed by atoms with van der Waals surface area (Å²) in [6, 6.07) is 12.1. The monoisotopic (exact) mass is 710 g/mol. The largest absolute Gasteiger partial charge is 0.508 e. The lowest BCUT2D eigenvalue weighted by Crippen LogP contribution is -2.34. The van der Waals surface area contributed by atoms with E-state index in [1.807, 2.05) is 0 Å². The maximum atomic E-state index is 12.6. The van der Waals surface area contributed by atoms with Crippen molar-refractivity contribution in [2.75, 3.05) is 0 Å². The summed E-state index contributed by atoms with van der Waals surface area (Å²) in [5, 5.41) is 85.9. The molecule has 18 nitrogen and oxygen atoms in total. The minimum absolute atomic E-state index is 0.00338. The van der Waals surface area contributed by atoms with Crippen LogP contribution in [0.2, 0.25) is 0 Å². The molecule has 50 heavy (non-hydrogen) atoms. The lowest BCUT2D eigenvalue weighted by molar-refractivity contribution is -0.135. The number of ether oxygens (including phenoxy) is 2. The second-order valence-electron chi connectivity index (χ2n) is 9.52. The first-order valence-corrected chi connectivity index (χ1v) is 13.7. The third-order valence-electron chi connectivity index (χ3n) is 4.86. The van der Waals surface area contributed by atoms with E-state index in [1.54, 1.807) is 0 Å². The van der Waals surface area contributed by atoms with E-state index in [0.29, 0.717) is 11.1 Å². The highest BCUT2D eigenvalue weighted by molar-refractivity contribution is 5.89. The van der Waals surface area contributed by atoms with Crippen molar-refractivity contribution in [1.29, 1.82) is 0 Å². The smallest absolute Gasteiger partial charge is 0.338 e. The van der Waals surface area contributed by atoms with E-state index in [0.717, 1.165) is 40.7 Å². The van der Waals surface area contributed by atoms with Crippen molar-refractivity contribution in [2.45, 2.75) is 53.2 Å². The zero-order chi connectivity index (χ0) is 39.3. The first kappa shape index (κ1) is 45.4. The summed E-state index contributed by atoms with van der Waals surface area (Å²) in [5.74, 6) is -5.71. The van der Waals surface area contributed by atoms with Gasteiger partial charge in [0.05, 0.1) is 5.56 Å². The highest BCUT2D eigenvalue weighted by Crippen LogP contribution is 2.44. The van der Waals surface area contributed by atoms with Crippen molar-refractivity contribution >= 4 is 35.8 Å². The van der Waals surface area contributed by atoms with Gasteiger partial charge in [0.15, 0.2) is 17.6 Å². The molecule has 4 rings (SSSR count).